The molecule has 1 aromatic carbocycles. The first-order chi connectivity index (χ1) is 8.59. The normalized spacial score (nSPS) is 10.1. The van der Waals surface area contributed by atoms with Gasteiger partial charge >= 0.3 is 0 Å². The fraction of sp³-hybridized carbons (Fsp3) is 0.143. The molecule has 1 aromatic heterocycles. The van der Waals surface area contributed by atoms with Gasteiger partial charge in [-0.25, -0.2) is 0 Å². The van der Waals surface area contributed by atoms with E-state index >= 15 is 0 Å². The number of H-pyrrole nitrogens is 1. The van der Waals surface area contributed by atoms with Crippen molar-refractivity contribution in [2.24, 2.45) is 0 Å². The molecule has 0 unspecified atom stereocenters. The van der Waals surface area contributed by atoms with Crippen molar-refractivity contribution in [3.8, 4) is 0 Å². The van der Waals surface area contributed by atoms with Crippen LogP contribution in [0.2, 0.25) is 0 Å². The molecule has 0 aliphatic heterocycles. The third-order valence-corrected chi connectivity index (χ3v) is 2.65. The topological polar surface area (TPSA) is 62.0 Å². The van der Waals surface area contributed by atoms with Crippen LogP contribution in [0.15, 0.2) is 36.5 Å². The highest BCUT2D eigenvalue weighted by Crippen LogP contribution is 2.22. The lowest BCUT2D eigenvalue weighted by atomic mass is 10.0. The molecule has 0 aliphatic carbocycles. The first-order valence-corrected chi connectivity index (χ1v) is 5.65. The predicted octanol–water partition coefficient (Wildman–Crippen LogP) is 2.51. The maximum atomic E-state index is 12.4. The summed E-state index contributed by atoms with van der Waals surface area (Å²) in [5.74, 6) is -0.297. The lowest BCUT2D eigenvalue weighted by Gasteiger charge is -2.05. The average molecular weight is 242 g/mol. The minimum atomic E-state index is -0.198. The number of aromatic amines is 1. The van der Waals surface area contributed by atoms with Crippen LogP contribution in [-0.2, 0) is 4.79 Å². The molecule has 18 heavy (non-hydrogen) atoms. The van der Waals surface area contributed by atoms with Crippen LogP contribution in [0.25, 0.3) is 0 Å². The summed E-state index contributed by atoms with van der Waals surface area (Å²) >= 11 is 0. The molecular weight excluding hydrogens is 228 g/mol. The zero-order valence-electron chi connectivity index (χ0n) is 10.3. The van der Waals surface area contributed by atoms with Gasteiger partial charge in [-0.15, -0.1) is 0 Å². The van der Waals surface area contributed by atoms with Crippen LogP contribution in [0.5, 0.6) is 0 Å². The molecule has 0 saturated carbocycles. The Morgan fingerprint density at radius 1 is 1.17 bits per heavy atom. The maximum absolute atomic E-state index is 12.4. The van der Waals surface area contributed by atoms with Crippen molar-refractivity contribution >= 4 is 17.4 Å². The van der Waals surface area contributed by atoms with Crippen molar-refractivity contribution in [1.29, 1.82) is 0 Å². The summed E-state index contributed by atoms with van der Waals surface area (Å²) in [5.41, 5.74) is 2.38. The van der Waals surface area contributed by atoms with E-state index in [1.807, 2.05) is 25.1 Å². The summed E-state index contributed by atoms with van der Waals surface area (Å²) in [5, 5.41) is 2.65. The molecule has 4 heteroatoms. The minimum absolute atomic E-state index is 0.0990. The molecule has 2 N–H and O–H groups in total. The van der Waals surface area contributed by atoms with Crippen LogP contribution >= 0.6 is 0 Å². The minimum Gasteiger partial charge on any atom is -0.363 e. The zero-order valence-corrected chi connectivity index (χ0v) is 10.3. The van der Waals surface area contributed by atoms with E-state index in [4.69, 9.17) is 0 Å². The van der Waals surface area contributed by atoms with Gasteiger partial charge in [-0.3, -0.25) is 9.59 Å². The second-order valence-corrected chi connectivity index (χ2v) is 4.08. The molecule has 0 fully saturated rings. The van der Waals surface area contributed by atoms with Gasteiger partial charge in [0.25, 0.3) is 0 Å². The maximum Gasteiger partial charge on any atom is 0.221 e. The number of aryl methyl sites for hydroxylation is 1. The van der Waals surface area contributed by atoms with Gasteiger partial charge in [-0.05, 0) is 6.92 Å². The second kappa shape index (κ2) is 4.87. The summed E-state index contributed by atoms with van der Waals surface area (Å²) in [4.78, 5) is 26.4. The Balaban J connectivity index is 2.41. The quantitative estimate of drug-likeness (QED) is 0.812. The summed E-state index contributed by atoms with van der Waals surface area (Å²) in [7, 11) is 0. The highest BCUT2D eigenvalue weighted by atomic mass is 16.1. The van der Waals surface area contributed by atoms with Crippen molar-refractivity contribution in [2.75, 3.05) is 5.32 Å². The first-order valence-electron chi connectivity index (χ1n) is 5.65. The van der Waals surface area contributed by atoms with Crippen molar-refractivity contribution in [2.45, 2.75) is 13.8 Å². The monoisotopic (exact) mass is 242 g/mol. The van der Waals surface area contributed by atoms with E-state index in [1.54, 1.807) is 18.3 Å². The molecule has 2 rings (SSSR count). The molecule has 0 bridgehead atoms. The van der Waals surface area contributed by atoms with Gasteiger partial charge in [0.2, 0.25) is 5.91 Å². The number of anilines is 1. The average Bonchev–Trinajstić information content (AvgIpc) is 2.70. The number of aromatic nitrogens is 1. The number of hydrogen-bond donors (Lipinski definition) is 2. The van der Waals surface area contributed by atoms with E-state index in [1.165, 1.54) is 6.92 Å². The molecular formula is C14H14N2O2. The van der Waals surface area contributed by atoms with Gasteiger partial charge in [-0.2, -0.15) is 0 Å². The van der Waals surface area contributed by atoms with Gasteiger partial charge in [-0.1, -0.05) is 30.3 Å². The largest absolute Gasteiger partial charge is 0.363 e. The summed E-state index contributed by atoms with van der Waals surface area (Å²) in [6, 6.07) is 8.99. The number of amides is 1. The molecule has 1 heterocycles. The Labute approximate surface area is 105 Å². The fourth-order valence-electron chi connectivity index (χ4n) is 1.84. The van der Waals surface area contributed by atoms with Gasteiger partial charge < -0.3 is 10.3 Å². The molecule has 0 radical (unpaired) electrons. The Bertz CT molecular complexity index is 585. The highest BCUT2D eigenvalue weighted by molar-refractivity contribution is 6.14. The van der Waals surface area contributed by atoms with Crippen LogP contribution in [0.3, 0.4) is 0 Å². The number of nitrogens with one attached hydrogen (secondary N) is 2. The Hall–Kier alpha value is -2.36. The number of hydrogen-bond acceptors (Lipinski definition) is 2. The van der Waals surface area contributed by atoms with E-state index in [2.05, 4.69) is 10.3 Å². The summed E-state index contributed by atoms with van der Waals surface area (Å²) in [6.07, 6.45) is 1.63. The molecule has 0 saturated heterocycles. The molecule has 1 amide bonds. The molecule has 0 aliphatic rings. The zero-order chi connectivity index (χ0) is 13.1. The molecule has 4 nitrogen and oxygen atoms in total. The third-order valence-electron chi connectivity index (χ3n) is 2.65. The number of ketones is 1. The Morgan fingerprint density at radius 2 is 1.83 bits per heavy atom. The molecule has 2 aromatic rings. The molecule has 0 atom stereocenters. The third kappa shape index (κ3) is 2.32. The first kappa shape index (κ1) is 12.1. The van der Waals surface area contributed by atoms with Crippen molar-refractivity contribution in [3.05, 3.63) is 53.3 Å². The van der Waals surface area contributed by atoms with Gasteiger partial charge in [0.1, 0.15) is 0 Å². The number of rotatable bonds is 3. The smallest absolute Gasteiger partial charge is 0.221 e. The van der Waals surface area contributed by atoms with E-state index in [9.17, 15) is 9.59 Å². The number of carbonyl (C=O) groups excluding carboxylic acids is 2. The molecule has 92 valence electrons. The summed E-state index contributed by atoms with van der Waals surface area (Å²) < 4.78 is 0. The van der Waals surface area contributed by atoms with E-state index < -0.39 is 0 Å². The van der Waals surface area contributed by atoms with Crippen molar-refractivity contribution in [1.82, 2.24) is 4.98 Å². The van der Waals surface area contributed by atoms with Crippen LogP contribution < -0.4 is 5.32 Å². The van der Waals surface area contributed by atoms with Gasteiger partial charge in [0.15, 0.2) is 5.78 Å². The van der Waals surface area contributed by atoms with Gasteiger partial charge in [0.05, 0.1) is 11.3 Å². The highest BCUT2D eigenvalue weighted by Gasteiger charge is 2.18. The van der Waals surface area contributed by atoms with Crippen LogP contribution in [0.4, 0.5) is 5.69 Å². The standard InChI is InChI=1S/C14H14N2O2/c1-9-13(12(8-15-9)16-10(2)17)14(18)11-6-4-3-5-7-11/h3-8,15H,1-2H3,(H,16,17). The second-order valence-electron chi connectivity index (χ2n) is 4.08. The lowest BCUT2D eigenvalue weighted by Crippen LogP contribution is -2.10. The number of carbonyl (C=O) groups is 2. The van der Waals surface area contributed by atoms with E-state index in [0.29, 0.717) is 16.8 Å². The van der Waals surface area contributed by atoms with Crippen LogP contribution in [-0.4, -0.2) is 16.7 Å². The van der Waals surface area contributed by atoms with Gasteiger partial charge in [0, 0.05) is 24.4 Å². The SMILES string of the molecule is CC(=O)Nc1c[nH]c(C)c1C(=O)c1ccccc1. The van der Waals surface area contributed by atoms with Crippen LogP contribution in [0, 0.1) is 6.92 Å². The predicted molar refractivity (Wildman–Crippen MR) is 69.7 cm³/mol. The van der Waals surface area contributed by atoms with E-state index in [-0.39, 0.29) is 11.7 Å². The van der Waals surface area contributed by atoms with E-state index in [0.717, 1.165) is 5.69 Å². The lowest BCUT2D eigenvalue weighted by molar-refractivity contribution is -0.114. The Kier molecular flexibility index (Phi) is 3.28. The Morgan fingerprint density at radius 3 is 2.44 bits per heavy atom. The van der Waals surface area contributed by atoms with Crippen molar-refractivity contribution in [3.63, 3.8) is 0 Å². The summed E-state index contributed by atoms with van der Waals surface area (Å²) in [6.45, 7) is 3.22. The fourth-order valence-corrected chi connectivity index (χ4v) is 1.84. The number of benzene rings is 1. The van der Waals surface area contributed by atoms with Crippen molar-refractivity contribution < 1.29 is 9.59 Å². The molecule has 0 spiro atoms. The van der Waals surface area contributed by atoms with Crippen LogP contribution in [0.1, 0.15) is 28.5 Å².